The Bertz CT molecular complexity index is 1680. The van der Waals surface area contributed by atoms with Gasteiger partial charge in [-0.15, -0.1) is 0 Å². The second-order valence-corrected chi connectivity index (χ2v) is 11.8. The number of benzene rings is 2. The SMILES string of the molecule is [B]c1cc2c(c3cn[nH]c13)CN(CC1CC1)C(=O)[C@H](CC(=O)N1CCC(c3cc4ccccc4[nH]c3=O)CC1)C2. The van der Waals surface area contributed by atoms with Gasteiger partial charge < -0.3 is 14.8 Å². The molecule has 7 rings (SSSR count). The number of hydrogen-bond acceptors (Lipinski definition) is 4. The van der Waals surface area contributed by atoms with Crippen molar-refractivity contribution in [1.29, 1.82) is 0 Å². The maximum Gasteiger partial charge on any atom is 0.251 e. The Labute approximate surface area is 233 Å². The fourth-order valence-corrected chi connectivity index (χ4v) is 6.68. The van der Waals surface area contributed by atoms with Crippen molar-refractivity contribution >= 4 is 46.9 Å². The minimum absolute atomic E-state index is 0.0106. The zero-order valence-electron chi connectivity index (χ0n) is 22.5. The highest BCUT2D eigenvalue weighted by Gasteiger charge is 2.36. The van der Waals surface area contributed by atoms with Crippen molar-refractivity contribution < 1.29 is 9.59 Å². The summed E-state index contributed by atoms with van der Waals surface area (Å²) in [6.07, 6.45) is 6.24. The lowest BCUT2D eigenvalue weighted by molar-refractivity contribution is -0.142. The summed E-state index contributed by atoms with van der Waals surface area (Å²) in [6, 6.07) is 11.7. The van der Waals surface area contributed by atoms with E-state index in [2.05, 4.69) is 15.2 Å². The lowest BCUT2D eigenvalue weighted by Gasteiger charge is -2.33. The highest BCUT2D eigenvalue weighted by molar-refractivity contribution is 6.38. The molecule has 1 saturated heterocycles. The number of rotatable bonds is 5. The van der Waals surface area contributed by atoms with Crippen LogP contribution >= 0.6 is 0 Å². The number of nitrogens with one attached hydrogen (secondary N) is 2. The van der Waals surface area contributed by atoms with Crippen LogP contribution in [0.1, 0.15) is 54.7 Å². The van der Waals surface area contributed by atoms with Crippen LogP contribution in [0.15, 0.2) is 47.4 Å². The molecule has 2 aromatic heterocycles. The first-order chi connectivity index (χ1) is 19.4. The normalized spacial score (nSPS) is 20.2. The Hall–Kier alpha value is -3.88. The molecule has 0 bridgehead atoms. The fraction of sp³-hybridized carbons (Fsp3) is 0.419. The van der Waals surface area contributed by atoms with Crippen LogP contribution < -0.4 is 11.0 Å². The summed E-state index contributed by atoms with van der Waals surface area (Å²) in [4.78, 5) is 47.0. The van der Waals surface area contributed by atoms with Gasteiger partial charge in [-0.05, 0) is 72.6 Å². The number of H-pyrrole nitrogens is 2. The number of fused-ring (bicyclic) bond motifs is 4. The smallest absolute Gasteiger partial charge is 0.251 e. The van der Waals surface area contributed by atoms with Gasteiger partial charge in [0.05, 0.1) is 17.6 Å². The molecule has 2 aromatic carbocycles. The lowest BCUT2D eigenvalue weighted by atomic mass is 9.85. The quantitative estimate of drug-likeness (QED) is 0.385. The number of carbonyl (C=O) groups is 2. The van der Waals surface area contributed by atoms with Crippen molar-refractivity contribution in [3.05, 3.63) is 69.6 Å². The molecule has 1 aliphatic carbocycles. The van der Waals surface area contributed by atoms with E-state index >= 15 is 0 Å². The number of nitrogens with zero attached hydrogens (tertiary/aromatic N) is 3. The number of carbonyl (C=O) groups excluding carboxylic acids is 2. The van der Waals surface area contributed by atoms with Gasteiger partial charge in [0.2, 0.25) is 11.8 Å². The summed E-state index contributed by atoms with van der Waals surface area (Å²) in [5.41, 5.74) is 5.12. The van der Waals surface area contributed by atoms with E-state index in [4.69, 9.17) is 7.85 Å². The maximum atomic E-state index is 13.8. The van der Waals surface area contributed by atoms with Gasteiger partial charge in [-0.2, -0.15) is 5.10 Å². The average Bonchev–Trinajstić information content (AvgIpc) is 3.66. The third-order valence-electron chi connectivity index (χ3n) is 9.11. The van der Waals surface area contributed by atoms with Crippen molar-refractivity contribution in [2.24, 2.45) is 11.8 Å². The summed E-state index contributed by atoms with van der Waals surface area (Å²) in [5, 5.41) is 9.17. The van der Waals surface area contributed by atoms with E-state index in [-0.39, 0.29) is 29.7 Å². The Kier molecular flexibility index (Phi) is 6.25. The molecule has 0 spiro atoms. The van der Waals surface area contributed by atoms with Gasteiger partial charge in [-0.3, -0.25) is 19.5 Å². The largest absolute Gasteiger partial charge is 0.343 e. The van der Waals surface area contributed by atoms with E-state index in [1.165, 1.54) is 0 Å². The van der Waals surface area contributed by atoms with E-state index in [0.717, 1.165) is 70.7 Å². The lowest BCUT2D eigenvalue weighted by Crippen LogP contribution is -2.42. The Morgan fingerprint density at radius 2 is 1.88 bits per heavy atom. The number of aromatic nitrogens is 3. The molecular weight excluding hydrogens is 501 g/mol. The molecule has 9 heteroatoms. The van der Waals surface area contributed by atoms with Crippen molar-refractivity contribution in [2.45, 2.75) is 51.0 Å². The molecule has 2 amide bonds. The van der Waals surface area contributed by atoms with Crippen LogP contribution in [0.3, 0.4) is 0 Å². The molecular formula is C31H32BN5O3. The maximum absolute atomic E-state index is 13.8. The number of hydrogen-bond donors (Lipinski definition) is 2. The predicted molar refractivity (Wildman–Crippen MR) is 155 cm³/mol. The summed E-state index contributed by atoms with van der Waals surface area (Å²) < 4.78 is 0. The van der Waals surface area contributed by atoms with Gasteiger partial charge >= 0.3 is 0 Å². The second kappa shape index (κ2) is 9.95. The molecule has 4 aromatic rings. The Morgan fingerprint density at radius 1 is 1.07 bits per heavy atom. The van der Waals surface area contributed by atoms with Crippen molar-refractivity contribution in [1.82, 2.24) is 25.0 Å². The van der Waals surface area contributed by atoms with Gasteiger partial charge in [0.25, 0.3) is 5.56 Å². The number of amides is 2. The van der Waals surface area contributed by atoms with E-state index < -0.39 is 5.92 Å². The van der Waals surface area contributed by atoms with Gasteiger partial charge in [-0.25, -0.2) is 0 Å². The van der Waals surface area contributed by atoms with Crippen LogP contribution in [0.2, 0.25) is 0 Å². The molecule has 2 aliphatic heterocycles. The highest BCUT2D eigenvalue weighted by atomic mass is 16.2. The summed E-state index contributed by atoms with van der Waals surface area (Å²) >= 11 is 0. The predicted octanol–water partition coefficient (Wildman–Crippen LogP) is 2.91. The second-order valence-electron chi connectivity index (χ2n) is 11.8. The summed E-state index contributed by atoms with van der Waals surface area (Å²) in [5.74, 6) is 0.309. The molecule has 2 radical (unpaired) electrons. The molecule has 0 unspecified atom stereocenters. The summed E-state index contributed by atoms with van der Waals surface area (Å²) in [7, 11) is 6.33. The third kappa shape index (κ3) is 4.61. The molecule has 1 atom stereocenters. The van der Waals surface area contributed by atoms with Crippen LogP contribution in [0, 0.1) is 11.8 Å². The van der Waals surface area contributed by atoms with E-state index in [9.17, 15) is 14.4 Å². The van der Waals surface area contributed by atoms with E-state index in [0.29, 0.717) is 37.4 Å². The number of piperidine rings is 1. The van der Waals surface area contributed by atoms with Gasteiger partial charge in [0.1, 0.15) is 7.85 Å². The highest BCUT2D eigenvalue weighted by Crippen LogP contribution is 2.35. The Morgan fingerprint density at radius 3 is 2.67 bits per heavy atom. The van der Waals surface area contributed by atoms with Crippen LogP contribution in [-0.4, -0.2) is 64.3 Å². The minimum Gasteiger partial charge on any atom is -0.343 e. The Balaban J connectivity index is 1.08. The van der Waals surface area contributed by atoms with Gasteiger partial charge in [0.15, 0.2) is 0 Å². The number of likely N-dealkylation sites (tertiary alicyclic amines) is 1. The van der Waals surface area contributed by atoms with E-state index in [1.807, 2.05) is 46.2 Å². The van der Waals surface area contributed by atoms with Crippen molar-refractivity contribution in [3.63, 3.8) is 0 Å². The van der Waals surface area contributed by atoms with Crippen LogP contribution in [0.25, 0.3) is 21.8 Å². The topological polar surface area (TPSA) is 102 Å². The molecule has 8 nitrogen and oxygen atoms in total. The first kappa shape index (κ1) is 25.1. The summed E-state index contributed by atoms with van der Waals surface area (Å²) in [6.45, 7) is 2.43. The molecule has 202 valence electrons. The molecule has 3 aliphatic rings. The average molecular weight is 533 g/mol. The van der Waals surface area contributed by atoms with Gasteiger partial charge in [0, 0.05) is 49.1 Å². The fourth-order valence-electron chi connectivity index (χ4n) is 6.68. The first-order valence-corrected chi connectivity index (χ1v) is 14.4. The van der Waals surface area contributed by atoms with Crippen LogP contribution in [0.5, 0.6) is 0 Å². The monoisotopic (exact) mass is 533 g/mol. The van der Waals surface area contributed by atoms with E-state index in [1.54, 1.807) is 6.20 Å². The number of para-hydroxylation sites is 1. The van der Waals surface area contributed by atoms with Crippen LogP contribution in [0.4, 0.5) is 0 Å². The zero-order valence-corrected chi connectivity index (χ0v) is 22.5. The zero-order chi connectivity index (χ0) is 27.4. The first-order valence-electron chi connectivity index (χ1n) is 14.4. The minimum atomic E-state index is -0.419. The molecule has 4 heterocycles. The van der Waals surface area contributed by atoms with Crippen molar-refractivity contribution in [2.75, 3.05) is 19.6 Å². The number of aromatic amines is 2. The molecule has 40 heavy (non-hydrogen) atoms. The number of pyridine rings is 1. The standard InChI is InChI=1S/C31H32BN5O3/c32-26-13-21-11-22(31(40)37(16-18-5-6-18)17-25(21)24-15-33-35-29(24)26)14-28(38)36-9-7-19(8-10-36)23-12-20-3-1-2-4-27(20)34-30(23)39/h1-4,12-13,15,18-19,22H,5-11,14,16-17H2,(H,33,35)(H,34,39)/t22-/m0/s1. The third-order valence-corrected chi connectivity index (χ3v) is 9.11. The van der Waals surface area contributed by atoms with Crippen molar-refractivity contribution in [3.8, 4) is 0 Å². The molecule has 1 saturated carbocycles. The van der Waals surface area contributed by atoms with Crippen LogP contribution in [-0.2, 0) is 22.6 Å². The van der Waals surface area contributed by atoms with Gasteiger partial charge in [-0.1, -0.05) is 29.7 Å². The molecule has 2 N–H and O–H groups in total. The molecule has 2 fully saturated rings.